The van der Waals surface area contributed by atoms with Crippen molar-refractivity contribution in [2.75, 3.05) is 51.1 Å². The van der Waals surface area contributed by atoms with Crippen molar-refractivity contribution >= 4 is 39.7 Å². The molecule has 11 nitrogen and oxygen atoms in total. The van der Waals surface area contributed by atoms with Gasteiger partial charge in [-0.3, -0.25) is 10.00 Å². The molecule has 5 aromatic rings. The molecule has 0 bridgehead atoms. The Morgan fingerprint density at radius 2 is 1.90 bits per heavy atom. The van der Waals surface area contributed by atoms with Gasteiger partial charge in [0.1, 0.15) is 18.5 Å². The molecular weight excluding hydrogens is 508 g/mol. The molecule has 3 aromatic heterocycles. The average Bonchev–Trinajstić information content (AvgIpc) is 3.51. The van der Waals surface area contributed by atoms with E-state index in [2.05, 4.69) is 44.0 Å². The van der Waals surface area contributed by atoms with Gasteiger partial charge in [0.15, 0.2) is 5.82 Å². The van der Waals surface area contributed by atoms with Gasteiger partial charge in [-0.05, 0) is 44.3 Å². The van der Waals surface area contributed by atoms with Crippen LogP contribution in [0.15, 0.2) is 67.3 Å². The van der Waals surface area contributed by atoms with Crippen LogP contribution in [0.4, 0.5) is 22.0 Å². The van der Waals surface area contributed by atoms with Gasteiger partial charge in [0, 0.05) is 23.2 Å². The van der Waals surface area contributed by atoms with Crippen LogP contribution in [-0.2, 0) is 22.4 Å². The van der Waals surface area contributed by atoms with E-state index in [0.29, 0.717) is 37.7 Å². The Bertz CT molecular complexity index is 1580. The van der Waals surface area contributed by atoms with Crippen LogP contribution in [0.3, 0.4) is 0 Å². The first kappa shape index (κ1) is 27.1. The molecule has 5 rings (SSSR count). The second kappa shape index (κ2) is 12.6. The Morgan fingerprint density at radius 3 is 2.70 bits per heavy atom. The summed E-state index contributed by atoms with van der Waals surface area (Å²) in [4.78, 5) is 19.0. The lowest BCUT2D eigenvalue weighted by Gasteiger charge is -2.11. The number of hydrogen-bond donors (Lipinski definition) is 2. The highest BCUT2D eigenvalue weighted by Crippen LogP contribution is 2.30. The van der Waals surface area contributed by atoms with Crippen molar-refractivity contribution < 1.29 is 14.3 Å². The molecule has 0 spiro atoms. The van der Waals surface area contributed by atoms with Gasteiger partial charge in [-0.2, -0.15) is 10.2 Å². The molecule has 0 radical (unpaired) electrons. The molecule has 11 heteroatoms. The second-order valence-electron chi connectivity index (χ2n) is 9.64. The zero-order valence-corrected chi connectivity index (χ0v) is 23.0. The van der Waals surface area contributed by atoms with E-state index in [1.54, 1.807) is 10.7 Å². The fourth-order valence-electron chi connectivity index (χ4n) is 4.50. The van der Waals surface area contributed by atoms with Crippen LogP contribution in [0.5, 0.6) is 0 Å². The van der Waals surface area contributed by atoms with E-state index in [4.69, 9.17) is 9.47 Å². The molecule has 3 heterocycles. The number of rotatable bonds is 12. The van der Waals surface area contributed by atoms with E-state index in [9.17, 15) is 4.79 Å². The predicted octanol–water partition coefficient (Wildman–Crippen LogP) is 4.56. The molecule has 1 amide bonds. The minimum absolute atomic E-state index is 0.172. The summed E-state index contributed by atoms with van der Waals surface area (Å²) in [6.45, 7) is 4.64. The maximum Gasteiger partial charge on any atom is 0.411 e. The van der Waals surface area contributed by atoms with Crippen molar-refractivity contribution in [2.45, 2.75) is 19.9 Å². The van der Waals surface area contributed by atoms with Crippen molar-refractivity contribution in [3.63, 3.8) is 0 Å². The van der Waals surface area contributed by atoms with Gasteiger partial charge < -0.3 is 19.7 Å². The van der Waals surface area contributed by atoms with Crippen molar-refractivity contribution in [3.05, 3.63) is 78.4 Å². The van der Waals surface area contributed by atoms with Crippen molar-refractivity contribution in [3.8, 4) is 0 Å². The first-order chi connectivity index (χ1) is 19.5. The summed E-state index contributed by atoms with van der Waals surface area (Å²) in [5, 5.41) is 16.2. The zero-order valence-electron chi connectivity index (χ0n) is 23.0. The van der Waals surface area contributed by atoms with Crippen molar-refractivity contribution in [2.24, 2.45) is 0 Å². The molecule has 0 unspecified atom stereocenters. The van der Waals surface area contributed by atoms with E-state index in [-0.39, 0.29) is 6.61 Å². The first-order valence-corrected chi connectivity index (χ1v) is 13.3. The summed E-state index contributed by atoms with van der Waals surface area (Å²) in [6, 6.07) is 16.4. The number of amides is 1. The Labute approximate surface area is 232 Å². The number of likely N-dealkylation sites (N-methyl/N-ethyl adjacent to an activating group) is 1. The van der Waals surface area contributed by atoms with Gasteiger partial charge in [0.2, 0.25) is 0 Å². The third-order valence-corrected chi connectivity index (χ3v) is 6.49. The Morgan fingerprint density at radius 1 is 1.05 bits per heavy atom. The summed E-state index contributed by atoms with van der Waals surface area (Å²) in [5.41, 5.74) is 5.43. The number of benzene rings is 2. The number of aromatic nitrogens is 5. The molecule has 0 aliphatic carbocycles. The first-order valence-electron chi connectivity index (χ1n) is 13.3. The molecule has 2 aromatic carbocycles. The summed E-state index contributed by atoms with van der Waals surface area (Å²) in [5.74, 6) is 0.638. The van der Waals surface area contributed by atoms with Crippen LogP contribution in [0.25, 0.3) is 16.4 Å². The minimum Gasteiger partial charge on any atom is -0.447 e. The fourth-order valence-corrected chi connectivity index (χ4v) is 4.50. The molecule has 0 saturated carbocycles. The van der Waals surface area contributed by atoms with E-state index in [1.807, 2.05) is 67.1 Å². The van der Waals surface area contributed by atoms with E-state index >= 15 is 0 Å². The maximum absolute atomic E-state index is 12.5. The summed E-state index contributed by atoms with van der Waals surface area (Å²) >= 11 is 0. The number of fused-ring (bicyclic) bond motifs is 2. The average molecular weight is 543 g/mol. The van der Waals surface area contributed by atoms with Gasteiger partial charge in [0.25, 0.3) is 0 Å². The molecular formula is C29H34N8O3. The third-order valence-electron chi connectivity index (χ3n) is 6.49. The van der Waals surface area contributed by atoms with Crippen molar-refractivity contribution in [1.29, 1.82) is 0 Å². The number of nitrogens with zero attached hydrogens (tertiary/aromatic N) is 6. The second-order valence-corrected chi connectivity index (χ2v) is 9.64. The van der Waals surface area contributed by atoms with Crippen LogP contribution in [0.1, 0.15) is 18.1 Å². The topological polar surface area (TPSA) is 111 Å². The van der Waals surface area contributed by atoms with Gasteiger partial charge in [-0.25, -0.2) is 14.3 Å². The Hall–Kier alpha value is -4.48. The number of hydrogen-bond acceptors (Lipinski definition) is 8. The summed E-state index contributed by atoms with van der Waals surface area (Å²) in [7, 11) is 3.96. The molecule has 2 N–H and O–H groups in total. The molecule has 0 aliphatic heterocycles. The highest BCUT2D eigenvalue weighted by Gasteiger charge is 2.17. The highest BCUT2D eigenvalue weighted by molar-refractivity contribution is 5.91. The Kier molecular flexibility index (Phi) is 8.53. The number of nitrogens with one attached hydrogen (secondary N) is 2. The molecule has 208 valence electrons. The molecule has 0 saturated heterocycles. The van der Waals surface area contributed by atoms with Gasteiger partial charge in [0.05, 0.1) is 43.4 Å². The summed E-state index contributed by atoms with van der Waals surface area (Å²) < 4.78 is 14.5. The smallest absolute Gasteiger partial charge is 0.411 e. The fraction of sp³-hybridized carbons (Fsp3) is 0.310. The number of ether oxygens (including phenoxy) is 2. The van der Waals surface area contributed by atoms with Crippen LogP contribution in [0.2, 0.25) is 0 Å². The quantitative estimate of drug-likeness (QED) is 0.221. The van der Waals surface area contributed by atoms with Crippen LogP contribution >= 0.6 is 0 Å². The van der Waals surface area contributed by atoms with E-state index in [1.165, 1.54) is 11.9 Å². The van der Waals surface area contributed by atoms with E-state index < -0.39 is 6.09 Å². The Balaban J connectivity index is 1.29. The molecule has 0 fully saturated rings. The molecule has 40 heavy (non-hydrogen) atoms. The third kappa shape index (κ3) is 6.38. The number of carbonyl (C=O) groups is 1. The van der Waals surface area contributed by atoms with Crippen LogP contribution in [-0.4, -0.2) is 75.8 Å². The van der Waals surface area contributed by atoms with E-state index in [0.717, 1.165) is 34.2 Å². The van der Waals surface area contributed by atoms with Crippen molar-refractivity contribution in [1.82, 2.24) is 29.3 Å². The van der Waals surface area contributed by atoms with Gasteiger partial charge in [-0.15, -0.1) is 0 Å². The zero-order chi connectivity index (χ0) is 27.9. The summed E-state index contributed by atoms with van der Waals surface area (Å²) in [6.07, 6.45) is 5.24. The predicted molar refractivity (Wildman–Crippen MR) is 155 cm³/mol. The lowest BCUT2D eigenvalue weighted by molar-refractivity contribution is 0.0707. The maximum atomic E-state index is 12.5. The number of aryl methyl sites for hydroxylation is 1. The van der Waals surface area contributed by atoms with Gasteiger partial charge in [-0.1, -0.05) is 37.3 Å². The largest absolute Gasteiger partial charge is 0.447 e. The molecule has 0 aliphatic rings. The monoisotopic (exact) mass is 542 g/mol. The lowest BCUT2D eigenvalue weighted by Crippen LogP contribution is -2.21. The van der Waals surface area contributed by atoms with Crippen LogP contribution in [0, 0.1) is 0 Å². The lowest BCUT2D eigenvalue weighted by atomic mass is 10.2. The standard InChI is InChI=1S/C29H34N8O3/c1-4-24-25(34-29(38)40-15-14-39-13-12-35(2)3)19-37-27(24)28(30-20-32-37)33-23-10-11-26-22(16-23)17-31-36(26)18-21-8-6-5-7-9-21/h5-11,16-17,19-20H,4,12-15,18H2,1-3H3,(H,34,38)(H,30,32,33). The number of carbonyl (C=O) groups excluding carboxylic acids is 1. The van der Waals surface area contributed by atoms with Crippen LogP contribution < -0.4 is 10.6 Å². The highest BCUT2D eigenvalue weighted by atomic mass is 16.6. The number of anilines is 3. The SMILES string of the molecule is CCc1c(NC(=O)OCCOCCN(C)C)cn2ncnc(Nc3ccc4c(cnn4Cc4ccccc4)c3)c12. The normalized spacial score (nSPS) is 11.4. The molecule has 0 atom stereocenters. The minimum atomic E-state index is -0.540. The van der Waals surface area contributed by atoms with Gasteiger partial charge >= 0.3 is 6.09 Å².